The SMILES string of the molecule is CC1(C)c2cccc3c2N(c2ccccc2O3)c2cc([B]O)sc21. The van der Waals surface area contributed by atoms with Crippen LogP contribution in [0.3, 0.4) is 0 Å². The van der Waals surface area contributed by atoms with Crippen molar-refractivity contribution in [2.45, 2.75) is 19.3 Å². The van der Waals surface area contributed by atoms with Gasteiger partial charge in [-0.15, -0.1) is 11.3 Å². The molecule has 1 aromatic heterocycles. The van der Waals surface area contributed by atoms with Gasteiger partial charge in [0.1, 0.15) is 0 Å². The lowest BCUT2D eigenvalue weighted by molar-refractivity contribution is 0.472. The molecule has 0 unspecified atom stereocenters. The van der Waals surface area contributed by atoms with Crippen LogP contribution in [0, 0.1) is 0 Å². The van der Waals surface area contributed by atoms with E-state index in [0.29, 0.717) is 0 Å². The number of hydrogen-bond donors (Lipinski definition) is 1. The zero-order valence-electron chi connectivity index (χ0n) is 13.4. The Morgan fingerprint density at radius 3 is 2.67 bits per heavy atom. The molecule has 1 radical (unpaired) electrons. The highest BCUT2D eigenvalue weighted by atomic mass is 32.1. The summed E-state index contributed by atoms with van der Waals surface area (Å²) in [6, 6.07) is 16.4. The van der Waals surface area contributed by atoms with E-state index >= 15 is 0 Å². The second-order valence-electron chi connectivity index (χ2n) is 6.67. The number of rotatable bonds is 1. The van der Waals surface area contributed by atoms with Gasteiger partial charge in [-0.3, -0.25) is 0 Å². The molecule has 2 aliphatic heterocycles. The summed E-state index contributed by atoms with van der Waals surface area (Å²) in [5.74, 6) is 1.74. The minimum atomic E-state index is -0.140. The molecule has 0 saturated carbocycles. The summed E-state index contributed by atoms with van der Waals surface area (Å²) >= 11 is 1.64. The van der Waals surface area contributed by atoms with E-state index in [1.807, 2.05) is 24.3 Å². The maximum absolute atomic E-state index is 9.54. The molecule has 0 aliphatic carbocycles. The van der Waals surface area contributed by atoms with Crippen LogP contribution in [0.4, 0.5) is 17.1 Å². The fourth-order valence-corrected chi connectivity index (χ4v) is 4.84. The van der Waals surface area contributed by atoms with Crippen LogP contribution in [0.5, 0.6) is 11.5 Å². The van der Waals surface area contributed by atoms with E-state index in [9.17, 15) is 5.02 Å². The molecule has 3 aromatic rings. The van der Waals surface area contributed by atoms with Crippen molar-refractivity contribution in [2.75, 3.05) is 4.90 Å². The summed E-state index contributed by atoms with van der Waals surface area (Å²) in [4.78, 5) is 3.53. The normalized spacial score (nSPS) is 15.9. The quantitative estimate of drug-likeness (QED) is 0.530. The molecule has 0 amide bonds. The van der Waals surface area contributed by atoms with Gasteiger partial charge in [0, 0.05) is 15.1 Å². The molecular formula is C19H15BNO2S. The Morgan fingerprint density at radius 2 is 1.83 bits per heavy atom. The standard InChI is InChI=1S/C19H15BNO2S/c1-19(2)11-6-5-9-15-17(11)21(12-7-3-4-8-14(12)23-15)13-10-16(20-22)24-18(13)19/h3-10,22H,1-2H3. The van der Waals surface area contributed by atoms with Crippen LogP contribution in [0.1, 0.15) is 24.3 Å². The largest absolute Gasteiger partial charge is 0.453 e. The number of benzene rings is 2. The van der Waals surface area contributed by atoms with Crippen LogP contribution in [0.25, 0.3) is 0 Å². The monoisotopic (exact) mass is 332 g/mol. The zero-order valence-corrected chi connectivity index (χ0v) is 14.2. The molecule has 0 fully saturated rings. The number of thiophene rings is 1. The number of para-hydroxylation sites is 3. The van der Waals surface area contributed by atoms with Gasteiger partial charge in [-0.25, -0.2) is 0 Å². The third-order valence-corrected chi connectivity index (χ3v) is 6.27. The van der Waals surface area contributed by atoms with Crippen molar-refractivity contribution in [3.63, 3.8) is 0 Å². The van der Waals surface area contributed by atoms with Crippen molar-refractivity contribution in [3.8, 4) is 11.5 Å². The summed E-state index contributed by atoms with van der Waals surface area (Å²) < 4.78 is 7.04. The van der Waals surface area contributed by atoms with Crippen molar-refractivity contribution in [3.05, 3.63) is 59.0 Å². The molecule has 2 aliphatic rings. The molecule has 0 spiro atoms. The Labute approximate surface area is 145 Å². The molecule has 3 nitrogen and oxygen atoms in total. The smallest absolute Gasteiger partial charge is 0.338 e. The Balaban J connectivity index is 1.89. The van der Waals surface area contributed by atoms with Gasteiger partial charge in [-0.2, -0.15) is 0 Å². The van der Waals surface area contributed by atoms with E-state index in [-0.39, 0.29) is 5.41 Å². The average Bonchev–Trinajstić information content (AvgIpc) is 3.03. The molecule has 0 atom stereocenters. The number of hydrogen-bond acceptors (Lipinski definition) is 4. The molecule has 0 saturated heterocycles. The van der Waals surface area contributed by atoms with Gasteiger partial charge >= 0.3 is 7.48 Å². The van der Waals surface area contributed by atoms with Crippen LogP contribution < -0.4 is 14.4 Å². The van der Waals surface area contributed by atoms with Crippen molar-refractivity contribution >= 4 is 40.7 Å². The number of anilines is 3. The first-order valence-corrected chi connectivity index (χ1v) is 8.75. The molecule has 117 valence electrons. The molecular weight excluding hydrogens is 317 g/mol. The van der Waals surface area contributed by atoms with E-state index in [0.717, 1.165) is 33.3 Å². The first-order chi connectivity index (χ1) is 11.6. The lowest BCUT2D eigenvalue weighted by Gasteiger charge is -2.43. The first kappa shape index (κ1) is 14.1. The summed E-state index contributed by atoms with van der Waals surface area (Å²) in [5, 5.41) is 9.54. The predicted molar refractivity (Wildman–Crippen MR) is 98.8 cm³/mol. The molecule has 2 aromatic carbocycles. The highest BCUT2D eigenvalue weighted by Crippen LogP contribution is 2.60. The molecule has 0 bridgehead atoms. The fourth-order valence-electron chi connectivity index (χ4n) is 3.76. The van der Waals surface area contributed by atoms with Crippen LogP contribution in [0.15, 0.2) is 48.5 Å². The minimum Gasteiger partial charge on any atom is -0.453 e. The highest BCUT2D eigenvalue weighted by Gasteiger charge is 2.42. The molecule has 5 rings (SSSR count). The maximum atomic E-state index is 9.54. The number of ether oxygens (including phenoxy) is 1. The third-order valence-electron chi connectivity index (χ3n) is 4.89. The van der Waals surface area contributed by atoms with Crippen LogP contribution >= 0.6 is 11.3 Å². The van der Waals surface area contributed by atoms with E-state index in [1.165, 1.54) is 17.9 Å². The summed E-state index contributed by atoms with van der Waals surface area (Å²) in [5.41, 5.74) is 4.38. The Hall–Kier alpha value is -2.24. The summed E-state index contributed by atoms with van der Waals surface area (Å²) in [6.45, 7) is 4.47. The van der Waals surface area contributed by atoms with Gasteiger partial charge in [-0.05, 0) is 29.8 Å². The van der Waals surface area contributed by atoms with Crippen LogP contribution in [0.2, 0.25) is 0 Å². The first-order valence-electron chi connectivity index (χ1n) is 7.93. The highest BCUT2D eigenvalue weighted by molar-refractivity contribution is 7.21. The van der Waals surface area contributed by atoms with Gasteiger partial charge in [0.15, 0.2) is 11.5 Å². The Morgan fingerprint density at radius 1 is 1.04 bits per heavy atom. The second kappa shape index (κ2) is 4.65. The second-order valence-corrected chi connectivity index (χ2v) is 7.76. The predicted octanol–water partition coefficient (Wildman–Crippen LogP) is 4.20. The molecule has 24 heavy (non-hydrogen) atoms. The van der Waals surface area contributed by atoms with Gasteiger partial charge in [-0.1, -0.05) is 38.1 Å². The van der Waals surface area contributed by atoms with E-state index in [4.69, 9.17) is 4.74 Å². The lowest BCUT2D eigenvalue weighted by Crippen LogP contribution is -2.30. The van der Waals surface area contributed by atoms with Crippen LogP contribution in [-0.2, 0) is 5.41 Å². The topological polar surface area (TPSA) is 32.7 Å². The summed E-state index contributed by atoms with van der Waals surface area (Å²) in [6.07, 6.45) is 0. The Bertz CT molecular complexity index is 979. The van der Waals surface area contributed by atoms with Crippen molar-refractivity contribution < 1.29 is 9.76 Å². The maximum Gasteiger partial charge on any atom is 0.338 e. The van der Waals surface area contributed by atoms with Gasteiger partial charge in [0.25, 0.3) is 0 Å². The Kier molecular flexibility index (Phi) is 2.74. The van der Waals surface area contributed by atoms with Crippen molar-refractivity contribution in [2.24, 2.45) is 0 Å². The number of fused-ring (bicyclic) bond motifs is 4. The van der Waals surface area contributed by atoms with Crippen molar-refractivity contribution in [1.82, 2.24) is 0 Å². The average molecular weight is 332 g/mol. The fraction of sp³-hybridized carbons (Fsp3) is 0.158. The van der Waals surface area contributed by atoms with Gasteiger partial charge in [0.2, 0.25) is 0 Å². The van der Waals surface area contributed by atoms with Crippen molar-refractivity contribution in [1.29, 1.82) is 0 Å². The minimum absolute atomic E-state index is 0.140. The third kappa shape index (κ3) is 1.66. The van der Waals surface area contributed by atoms with E-state index in [2.05, 4.69) is 43.0 Å². The van der Waals surface area contributed by atoms with E-state index in [1.54, 1.807) is 11.3 Å². The van der Waals surface area contributed by atoms with Gasteiger partial charge < -0.3 is 14.7 Å². The number of nitrogens with zero attached hydrogens (tertiary/aromatic N) is 1. The zero-order chi connectivity index (χ0) is 16.5. The molecule has 3 heterocycles. The molecule has 1 N–H and O–H groups in total. The molecule has 5 heteroatoms. The summed E-state index contributed by atoms with van der Waals surface area (Å²) in [7, 11) is 1.19. The van der Waals surface area contributed by atoms with Gasteiger partial charge in [0.05, 0.1) is 17.1 Å². The van der Waals surface area contributed by atoms with E-state index < -0.39 is 0 Å². The van der Waals surface area contributed by atoms with Crippen LogP contribution in [-0.4, -0.2) is 12.5 Å². The lowest BCUT2D eigenvalue weighted by atomic mass is 9.77.